The molecule has 9 N–H and O–H groups in total. The van der Waals surface area contributed by atoms with E-state index in [1.807, 2.05) is 55.5 Å². The Morgan fingerprint density at radius 1 is 0.772 bits per heavy atom. The van der Waals surface area contributed by atoms with Crippen molar-refractivity contribution >= 4 is 64.6 Å². The number of carbonyl (C=O) groups is 9. The minimum Gasteiger partial charge on any atom is -0.445 e. The molecule has 27 heteroatoms. The van der Waals surface area contributed by atoms with Crippen molar-refractivity contribution < 1.29 is 90.2 Å². The number of aliphatic hydroxyl groups is 1. The van der Waals surface area contributed by atoms with E-state index in [1.165, 1.54) is 19.1 Å². The highest BCUT2D eigenvalue weighted by molar-refractivity contribution is 6.02. The quantitative estimate of drug-likeness (QED) is 0.0247. The molecule has 6 aliphatic rings. The summed E-state index contributed by atoms with van der Waals surface area (Å²) in [7, 11) is 0. The Labute approximate surface area is 586 Å². The highest BCUT2D eigenvalue weighted by Gasteiger charge is 2.80. The molecule has 9 rings (SSSR count). The lowest BCUT2D eigenvalue weighted by Crippen LogP contribution is -2.71. The third-order valence-corrected chi connectivity index (χ3v) is 20.1. The van der Waals surface area contributed by atoms with Crippen LogP contribution in [-0.2, 0) is 79.9 Å². The summed E-state index contributed by atoms with van der Waals surface area (Å²) in [6.45, 7) is 10.4. The molecular weight excluding hydrogens is 1310 g/mol. The van der Waals surface area contributed by atoms with Gasteiger partial charge in [0.15, 0.2) is 29.1 Å². The van der Waals surface area contributed by atoms with E-state index >= 15 is 8.78 Å². The Bertz CT molecular complexity index is 3620. The number of Topliss-reactive ketones (excluding diaryl/α,β-unsaturated/α-hetero) is 1. The molecule has 101 heavy (non-hydrogen) atoms. The van der Waals surface area contributed by atoms with Gasteiger partial charge < -0.3 is 80.8 Å². The van der Waals surface area contributed by atoms with Gasteiger partial charge in [0.1, 0.15) is 24.9 Å². The number of rotatable bonds is 35. The normalized spacial score (nSPS) is 25.7. The Hall–Kier alpha value is -8.49. The molecule has 0 bridgehead atoms. The fraction of sp³-hybridized carbons (Fsp3) is 0.554. The number of amides is 8. The van der Waals surface area contributed by atoms with E-state index in [0.717, 1.165) is 22.8 Å². The average Bonchev–Trinajstić information content (AvgIpc) is 1.54. The van der Waals surface area contributed by atoms with Crippen LogP contribution >= 0.6 is 0 Å². The topological polar surface area (TPSA) is 340 Å². The van der Waals surface area contributed by atoms with Crippen molar-refractivity contribution in [3.63, 3.8) is 0 Å². The summed E-state index contributed by atoms with van der Waals surface area (Å²) in [5.74, 6) is 1.01. The zero-order chi connectivity index (χ0) is 72.5. The first kappa shape index (κ1) is 76.7. The molecule has 0 radical (unpaired) electrons. The molecule has 3 aromatic carbocycles. The molecule has 546 valence electrons. The van der Waals surface area contributed by atoms with Gasteiger partial charge in [-0.2, -0.15) is 0 Å². The van der Waals surface area contributed by atoms with E-state index in [9.17, 15) is 48.3 Å². The number of anilines is 2. The van der Waals surface area contributed by atoms with Crippen molar-refractivity contribution in [2.24, 2.45) is 34.3 Å². The second-order valence-corrected chi connectivity index (χ2v) is 27.1. The van der Waals surface area contributed by atoms with E-state index in [0.29, 0.717) is 56.1 Å². The monoisotopic (exact) mass is 1400 g/mol. The molecule has 2 aliphatic heterocycles. The fourth-order valence-corrected chi connectivity index (χ4v) is 15.0. The first-order valence-corrected chi connectivity index (χ1v) is 34.8. The standard InChI is InChI=1S/C74H94F2N8O17/c1-6-12-65-100-61-41-53-54-40-56(75)55-39-52(85)26-28-71(55,4)73(54,76)59(86)42-72(53,5)74(61,101-65)60(87)43-80-70(94)99-45-47-18-22-51(23-19-47)81-67(91)57(16-11-29-79-69(77)93)82-68(92)66(46(2)3)83-63(89)27-31-95-33-35-97-37-38-98-36-34-96-32-30-78-62(88)24-25-64(90)84-44-50-15-8-7-13-48(50)20-21-49-14-9-10-17-58(49)84/h7-10,13-15,17-19,22-23,26,28,39,46,53-54,56-57,59,61,65-66,86H,6,11-12,16,24-25,27,29-38,40-45H2,1-5H3,(H,78,88)(H,80,94)(H,81,91)(H,82,92)(H,83,89)(H3,77,79,93)/t53-,54-,56-,57-,59-,61+,65?,66-,71-,72-,73-,74+/m0/s1. The summed E-state index contributed by atoms with van der Waals surface area (Å²) in [5.41, 5.74) is 2.26. The number of hydrogen-bond acceptors (Lipinski definition) is 17. The third-order valence-electron chi connectivity index (χ3n) is 20.1. The van der Waals surface area contributed by atoms with Crippen molar-refractivity contribution in [1.82, 2.24) is 26.6 Å². The van der Waals surface area contributed by atoms with Crippen LogP contribution in [0, 0.1) is 40.4 Å². The number of primary amides is 1. The number of nitrogens with zero attached hydrogens (tertiary/aromatic N) is 1. The van der Waals surface area contributed by atoms with Crippen molar-refractivity contribution in [2.75, 3.05) is 82.7 Å². The van der Waals surface area contributed by atoms with Gasteiger partial charge in [0.05, 0.1) is 83.8 Å². The summed E-state index contributed by atoms with van der Waals surface area (Å²) < 4.78 is 74.8. The van der Waals surface area contributed by atoms with Gasteiger partial charge in [-0.1, -0.05) is 94.5 Å². The van der Waals surface area contributed by atoms with Gasteiger partial charge in [0.2, 0.25) is 29.5 Å². The molecule has 0 aromatic heterocycles. The number of ketones is 2. The summed E-state index contributed by atoms with van der Waals surface area (Å²) in [5, 5.41) is 28.0. The molecule has 3 saturated carbocycles. The van der Waals surface area contributed by atoms with Crippen molar-refractivity contribution in [1.29, 1.82) is 0 Å². The van der Waals surface area contributed by atoms with Crippen LogP contribution in [0.5, 0.6) is 0 Å². The summed E-state index contributed by atoms with van der Waals surface area (Å²) in [4.78, 5) is 120. The van der Waals surface area contributed by atoms with E-state index in [-0.39, 0.29) is 121 Å². The van der Waals surface area contributed by atoms with Crippen LogP contribution in [-0.4, -0.2) is 179 Å². The lowest BCUT2D eigenvalue weighted by Gasteiger charge is -2.63. The average molecular weight is 1410 g/mol. The van der Waals surface area contributed by atoms with Gasteiger partial charge in [0, 0.05) is 65.9 Å². The minimum atomic E-state index is -2.39. The molecule has 1 unspecified atom stereocenters. The van der Waals surface area contributed by atoms with Gasteiger partial charge >= 0.3 is 12.1 Å². The molecule has 8 amide bonds. The van der Waals surface area contributed by atoms with Crippen LogP contribution in [0.25, 0.3) is 0 Å². The summed E-state index contributed by atoms with van der Waals surface area (Å²) in [6, 6.07) is 18.5. The van der Waals surface area contributed by atoms with Crippen molar-refractivity contribution in [2.45, 2.75) is 160 Å². The van der Waals surface area contributed by atoms with Crippen LogP contribution in [0.4, 0.5) is 29.7 Å². The van der Waals surface area contributed by atoms with Crippen LogP contribution in [0.15, 0.2) is 96.6 Å². The number of benzene rings is 3. The predicted octanol–water partition coefficient (Wildman–Crippen LogP) is 6.00. The number of alkyl carbamates (subject to hydrolysis) is 1. The molecule has 4 fully saturated rings. The highest BCUT2D eigenvalue weighted by Crippen LogP contribution is 2.72. The SMILES string of the molecule is CCCC1O[C@@H]2C[C@H]3[C@@H]4C[C@H](F)C5=CC(=O)C=C[C@]5(C)[C@@]4(F)[C@@H](O)C[C@]3(C)[C@]2(C(=O)CNC(=O)OCc2ccc(NC(=O)[C@H](CCCNC(N)=O)NC(=O)[C@@H](NC(=O)CCOCCOCCOCCOCCNC(=O)CCC(=O)N3Cc4ccccc4C#Cc4ccccc43)C(C)C)cc2)O1. The lowest BCUT2D eigenvalue weighted by atomic mass is 9.44. The highest BCUT2D eigenvalue weighted by atomic mass is 19.1. The number of nitrogens with two attached hydrogens (primary N) is 1. The molecular formula is C74H94F2N8O17. The van der Waals surface area contributed by atoms with Gasteiger partial charge in [-0.3, -0.25) is 33.6 Å². The smallest absolute Gasteiger partial charge is 0.407 e. The van der Waals surface area contributed by atoms with Crippen LogP contribution < -0.4 is 42.5 Å². The molecule has 0 spiro atoms. The second kappa shape index (κ2) is 34.9. The number of halogens is 2. The Balaban J connectivity index is 0.646. The lowest BCUT2D eigenvalue weighted by molar-refractivity contribution is -0.233. The number of urea groups is 1. The van der Waals surface area contributed by atoms with E-state index in [1.54, 1.807) is 49.9 Å². The number of nitrogens with one attached hydrogen (secondary N) is 6. The first-order valence-electron chi connectivity index (χ1n) is 34.8. The van der Waals surface area contributed by atoms with Crippen molar-refractivity contribution in [3.8, 4) is 11.8 Å². The molecule has 3 aromatic rings. The molecule has 12 atom stereocenters. The van der Waals surface area contributed by atoms with E-state index < -0.39 is 125 Å². The van der Waals surface area contributed by atoms with E-state index in [4.69, 9.17) is 38.9 Å². The number of alkyl halides is 2. The van der Waals surface area contributed by atoms with Crippen molar-refractivity contribution in [3.05, 3.63) is 119 Å². The maximum absolute atomic E-state index is 17.9. The molecule has 1 saturated heterocycles. The van der Waals surface area contributed by atoms with Gasteiger partial charge in [-0.05, 0) is 116 Å². The van der Waals surface area contributed by atoms with Gasteiger partial charge in [-0.25, -0.2) is 18.4 Å². The predicted molar refractivity (Wildman–Crippen MR) is 365 cm³/mol. The zero-order valence-corrected chi connectivity index (χ0v) is 57.9. The molecule has 4 aliphatic carbocycles. The fourth-order valence-electron chi connectivity index (χ4n) is 15.0. The number of fused-ring (bicyclic) bond motifs is 9. The minimum absolute atomic E-state index is 0.0194. The number of aliphatic hydroxyl groups excluding tert-OH is 1. The van der Waals surface area contributed by atoms with Gasteiger partial charge in [-0.15, -0.1) is 0 Å². The number of allylic oxidation sites excluding steroid dienone is 4. The number of hydrogen-bond donors (Lipinski definition) is 8. The number of ether oxygens (including phenoxy) is 7. The van der Waals surface area contributed by atoms with Crippen LogP contribution in [0.1, 0.15) is 121 Å². The first-order chi connectivity index (χ1) is 48.4. The van der Waals surface area contributed by atoms with E-state index in [2.05, 4.69) is 43.7 Å². The Morgan fingerprint density at radius 2 is 1.45 bits per heavy atom. The van der Waals surface area contributed by atoms with Gasteiger partial charge in [0.25, 0.3) is 0 Å². The maximum atomic E-state index is 17.9. The summed E-state index contributed by atoms with van der Waals surface area (Å²) in [6.07, 6.45) is -1.44. The molecule has 25 nitrogen and oxygen atoms in total. The zero-order valence-electron chi connectivity index (χ0n) is 57.9. The molecule has 2 heterocycles. The second-order valence-electron chi connectivity index (χ2n) is 27.1. The largest absolute Gasteiger partial charge is 0.445 e. The summed E-state index contributed by atoms with van der Waals surface area (Å²) >= 11 is 0. The maximum Gasteiger partial charge on any atom is 0.407 e. The third kappa shape index (κ3) is 18.1. The number of carbonyl (C=O) groups excluding carboxylic acids is 9. The number of para-hydroxylation sites is 1. The Kier molecular flexibility index (Phi) is 26.5. The Morgan fingerprint density at radius 3 is 2.15 bits per heavy atom. The van der Waals surface area contributed by atoms with Crippen LogP contribution in [0.3, 0.4) is 0 Å². The van der Waals surface area contributed by atoms with Crippen LogP contribution in [0.2, 0.25) is 0 Å².